The van der Waals surface area contributed by atoms with E-state index in [4.69, 9.17) is 4.42 Å². The average molecular weight is 737 g/mol. The molecule has 58 heavy (non-hydrogen) atoms. The van der Waals surface area contributed by atoms with Gasteiger partial charge in [-0.1, -0.05) is 159 Å². The molecule has 0 saturated heterocycles. The summed E-state index contributed by atoms with van der Waals surface area (Å²) in [5.41, 5.74) is 12.2. The van der Waals surface area contributed by atoms with Gasteiger partial charge >= 0.3 is 0 Å². The highest BCUT2D eigenvalue weighted by Crippen LogP contribution is 2.56. The van der Waals surface area contributed by atoms with Crippen molar-refractivity contribution in [2.24, 2.45) is 0 Å². The first kappa shape index (κ1) is 31.9. The predicted octanol–water partition coefficient (Wildman–Crippen LogP) is 16.1. The number of furan rings is 1. The van der Waals surface area contributed by atoms with Crippen LogP contribution in [0.15, 0.2) is 186 Å². The van der Waals surface area contributed by atoms with Gasteiger partial charge in [0.05, 0.1) is 0 Å². The van der Waals surface area contributed by atoms with Crippen molar-refractivity contribution in [2.45, 2.75) is 19.3 Å². The molecule has 0 unspecified atom stereocenters. The highest BCUT2D eigenvalue weighted by atomic mass is 16.3. The topological polar surface area (TPSA) is 13.1 Å². The molecule has 1 aliphatic rings. The molecule has 13 rings (SSSR count). The molecule has 0 amide bonds. The maximum atomic E-state index is 6.55. The SMILES string of the molecule is CC1(C)c2cc3ccccc3cc2-c2c1c1ccc(-c3c4ccccc4c(-c4ccc5oc6c7ccccc7ccc6c5c4)c4ccccc34)cc1c1ccccc21. The van der Waals surface area contributed by atoms with E-state index in [9.17, 15) is 0 Å². The number of fused-ring (bicyclic) bond motifs is 16. The summed E-state index contributed by atoms with van der Waals surface area (Å²) >= 11 is 0. The molecule has 12 aromatic rings. The van der Waals surface area contributed by atoms with Crippen molar-refractivity contribution in [2.75, 3.05) is 0 Å². The van der Waals surface area contributed by atoms with Gasteiger partial charge in [0, 0.05) is 21.6 Å². The van der Waals surface area contributed by atoms with Crippen LogP contribution in [0.2, 0.25) is 0 Å². The second kappa shape index (κ2) is 11.4. The van der Waals surface area contributed by atoms with E-state index in [0.29, 0.717) is 0 Å². The van der Waals surface area contributed by atoms with E-state index in [1.54, 1.807) is 0 Å². The quantitative estimate of drug-likeness (QED) is 0.127. The van der Waals surface area contributed by atoms with Gasteiger partial charge in [0.2, 0.25) is 0 Å². The van der Waals surface area contributed by atoms with E-state index in [1.165, 1.54) is 104 Å². The van der Waals surface area contributed by atoms with Gasteiger partial charge in [0.1, 0.15) is 11.2 Å². The first-order valence-electron chi connectivity index (χ1n) is 20.3. The van der Waals surface area contributed by atoms with Crippen LogP contribution in [0.25, 0.3) is 120 Å². The van der Waals surface area contributed by atoms with E-state index >= 15 is 0 Å². The Hall–Kier alpha value is -7.22. The van der Waals surface area contributed by atoms with Crippen LogP contribution < -0.4 is 0 Å². The summed E-state index contributed by atoms with van der Waals surface area (Å²) in [7, 11) is 0. The Kier molecular flexibility index (Phi) is 6.29. The summed E-state index contributed by atoms with van der Waals surface area (Å²) < 4.78 is 6.55. The van der Waals surface area contributed by atoms with E-state index in [-0.39, 0.29) is 5.41 Å². The van der Waals surface area contributed by atoms with Gasteiger partial charge < -0.3 is 4.42 Å². The van der Waals surface area contributed by atoms with Gasteiger partial charge in [-0.2, -0.15) is 0 Å². The lowest BCUT2D eigenvalue weighted by Gasteiger charge is -2.25. The lowest BCUT2D eigenvalue weighted by Crippen LogP contribution is -2.15. The van der Waals surface area contributed by atoms with Gasteiger partial charge in [-0.25, -0.2) is 0 Å². The summed E-state index contributed by atoms with van der Waals surface area (Å²) in [6.45, 7) is 4.83. The predicted molar refractivity (Wildman–Crippen MR) is 247 cm³/mol. The molecule has 0 radical (unpaired) electrons. The van der Waals surface area contributed by atoms with E-state index < -0.39 is 0 Å². The number of hydrogen-bond acceptors (Lipinski definition) is 1. The Labute approximate surface area is 335 Å². The molecule has 1 heterocycles. The second-order valence-electron chi connectivity index (χ2n) is 16.7. The Bertz CT molecular complexity index is 3710. The first-order valence-corrected chi connectivity index (χ1v) is 20.3. The zero-order valence-electron chi connectivity index (χ0n) is 32.2. The maximum Gasteiger partial charge on any atom is 0.143 e. The average Bonchev–Trinajstić information content (AvgIpc) is 3.76. The minimum atomic E-state index is -0.159. The van der Waals surface area contributed by atoms with Crippen LogP contribution in [-0.4, -0.2) is 0 Å². The van der Waals surface area contributed by atoms with Gasteiger partial charge in [-0.3, -0.25) is 0 Å². The summed E-state index contributed by atoms with van der Waals surface area (Å²) in [6.07, 6.45) is 0. The fourth-order valence-electron chi connectivity index (χ4n) is 10.8. The third-order valence-electron chi connectivity index (χ3n) is 13.3. The van der Waals surface area contributed by atoms with Gasteiger partial charge in [-0.05, 0) is 140 Å². The van der Waals surface area contributed by atoms with Crippen LogP contribution in [0.1, 0.15) is 25.0 Å². The number of benzene rings is 11. The minimum absolute atomic E-state index is 0.159. The second-order valence-corrected chi connectivity index (χ2v) is 16.7. The van der Waals surface area contributed by atoms with Crippen LogP contribution in [-0.2, 0) is 5.41 Å². The molecule has 270 valence electrons. The molecule has 0 bridgehead atoms. The van der Waals surface area contributed by atoms with Crippen LogP contribution >= 0.6 is 0 Å². The smallest absolute Gasteiger partial charge is 0.143 e. The molecule has 11 aromatic carbocycles. The molecule has 0 fully saturated rings. The molecule has 1 aliphatic carbocycles. The molecule has 0 spiro atoms. The molecule has 1 aromatic heterocycles. The van der Waals surface area contributed by atoms with Crippen molar-refractivity contribution in [1.29, 1.82) is 0 Å². The van der Waals surface area contributed by atoms with Gasteiger partial charge in [-0.15, -0.1) is 0 Å². The van der Waals surface area contributed by atoms with Crippen LogP contribution in [0.4, 0.5) is 0 Å². The summed E-state index contributed by atoms with van der Waals surface area (Å²) in [5.74, 6) is 0. The van der Waals surface area contributed by atoms with E-state index in [2.05, 4.69) is 196 Å². The fraction of sp³-hybridized carbons (Fsp3) is 0.0526. The molecule has 1 nitrogen and oxygen atoms in total. The highest BCUT2D eigenvalue weighted by molar-refractivity contribution is 6.25. The minimum Gasteiger partial charge on any atom is -0.455 e. The van der Waals surface area contributed by atoms with Crippen molar-refractivity contribution in [1.82, 2.24) is 0 Å². The monoisotopic (exact) mass is 736 g/mol. The standard InChI is InChI=1S/C57H36O/c1-57(2)50-32-35-15-4-3-14-34(35)29-49(50)54-40-18-8-7-17-39(40)47-30-36(24-26-45(47)55(54)57)52-41-19-9-11-21-43(41)53(44-22-12-10-20-42(44)52)37-25-28-51-48(31-37)46-27-23-33-13-5-6-16-38(33)56(46)58-51/h3-32H,1-2H3. The molecule has 0 atom stereocenters. The van der Waals surface area contributed by atoms with E-state index in [1.807, 2.05) is 0 Å². The largest absolute Gasteiger partial charge is 0.455 e. The third kappa shape index (κ3) is 4.20. The molecular formula is C57H36O. The molecule has 0 aliphatic heterocycles. The Balaban J connectivity index is 1.07. The normalized spacial score (nSPS) is 13.5. The lowest BCUT2D eigenvalue weighted by atomic mass is 9.78. The third-order valence-corrected chi connectivity index (χ3v) is 13.3. The zero-order chi connectivity index (χ0) is 38.3. The number of hydrogen-bond donors (Lipinski definition) is 0. The number of rotatable bonds is 2. The summed E-state index contributed by atoms with van der Waals surface area (Å²) in [5, 5.41) is 17.5. The fourth-order valence-corrected chi connectivity index (χ4v) is 10.8. The van der Waals surface area contributed by atoms with Crippen LogP contribution in [0, 0.1) is 0 Å². The molecular weight excluding hydrogens is 701 g/mol. The van der Waals surface area contributed by atoms with Crippen molar-refractivity contribution < 1.29 is 4.42 Å². The van der Waals surface area contributed by atoms with Crippen LogP contribution in [0.3, 0.4) is 0 Å². The van der Waals surface area contributed by atoms with Crippen molar-refractivity contribution >= 4 is 86.6 Å². The zero-order valence-corrected chi connectivity index (χ0v) is 32.2. The van der Waals surface area contributed by atoms with Crippen molar-refractivity contribution in [3.05, 3.63) is 193 Å². The Morgan fingerprint density at radius 1 is 0.345 bits per heavy atom. The van der Waals surface area contributed by atoms with Gasteiger partial charge in [0.25, 0.3) is 0 Å². The first-order chi connectivity index (χ1) is 28.5. The van der Waals surface area contributed by atoms with Crippen molar-refractivity contribution in [3.8, 4) is 33.4 Å². The lowest BCUT2D eigenvalue weighted by molar-refractivity contribution is 0.667. The van der Waals surface area contributed by atoms with E-state index in [0.717, 1.165) is 27.3 Å². The highest BCUT2D eigenvalue weighted by Gasteiger charge is 2.38. The van der Waals surface area contributed by atoms with Crippen LogP contribution in [0.5, 0.6) is 0 Å². The van der Waals surface area contributed by atoms with Crippen molar-refractivity contribution in [3.63, 3.8) is 0 Å². The molecule has 1 heteroatoms. The molecule has 0 N–H and O–H groups in total. The maximum absolute atomic E-state index is 6.55. The van der Waals surface area contributed by atoms with Gasteiger partial charge in [0.15, 0.2) is 0 Å². The summed E-state index contributed by atoms with van der Waals surface area (Å²) in [6, 6.07) is 67.6. The molecule has 0 saturated carbocycles. The summed E-state index contributed by atoms with van der Waals surface area (Å²) in [4.78, 5) is 0. The Morgan fingerprint density at radius 3 is 1.50 bits per heavy atom. The Morgan fingerprint density at radius 2 is 0.845 bits per heavy atom.